The number of imidazole rings is 1. The molecular weight excluding hydrogens is 372 g/mol. The van der Waals surface area contributed by atoms with Gasteiger partial charge in [0.2, 0.25) is 0 Å². The van der Waals surface area contributed by atoms with Crippen molar-refractivity contribution >= 4 is 16.6 Å². The van der Waals surface area contributed by atoms with Crippen LogP contribution >= 0.6 is 0 Å². The van der Waals surface area contributed by atoms with E-state index in [1.165, 1.54) is 22.2 Å². The van der Waals surface area contributed by atoms with Crippen molar-refractivity contribution in [2.24, 2.45) is 18.1 Å². The van der Waals surface area contributed by atoms with Gasteiger partial charge in [0.25, 0.3) is 0 Å². The van der Waals surface area contributed by atoms with Gasteiger partial charge in [-0.2, -0.15) is 0 Å². The number of benzene rings is 2. The maximum absolute atomic E-state index is 5.91. The second kappa shape index (κ2) is 7.82. The molecular formula is C25H26N4O. The molecule has 1 aliphatic carbocycles. The van der Waals surface area contributed by atoms with E-state index in [1.807, 2.05) is 24.4 Å². The van der Waals surface area contributed by atoms with Gasteiger partial charge >= 0.3 is 0 Å². The van der Waals surface area contributed by atoms with Crippen molar-refractivity contribution < 1.29 is 4.84 Å². The Balaban J connectivity index is 1.55. The summed E-state index contributed by atoms with van der Waals surface area (Å²) in [6.07, 6.45) is 6.00. The number of fused-ring (bicyclic) bond motifs is 3. The summed E-state index contributed by atoms with van der Waals surface area (Å²) in [5.74, 6) is 1.32. The van der Waals surface area contributed by atoms with Crippen LogP contribution in [-0.4, -0.2) is 19.8 Å². The van der Waals surface area contributed by atoms with Crippen LogP contribution in [0.3, 0.4) is 0 Å². The lowest BCUT2D eigenvalue weighted by Crippen LogP contribution is -2.28. The monoisotopic (exact) mass is 398 g/mol. The molecule has 0 bridgehead atoms. The Morgan fingerprint density at radius 3 is 2.70 bits per heavy atom. The lowest BCUT2D eigenvalue weighted by Gasteiger charge is -2.26. The summed E-state index contributed by atoms with van der Waals surface area (Å²) >= 11 is 0. The Morgan fingerprint density at radius 2 is 1.90 bits per heavy atom. The number of rotatable bonds is 5. The van der Waals surface area contributed by atoms with E-state index in [0.717, 1.165) is 36.5 Å². The fourth-order valence-corrected chi connectivity index (χ4v) is 4.56. The summed E-state index contributed by atoms with van der Waals surface area (Å²) < 4.78 is 4.53. The minimum atomic E-state index is 0.284. The van der Waals surface area contributed by atoms with E-state index in [2.05, 4.69) is 70.7 Å². The summed E-state index contributed by atoms with van der Waals surface area (Å²) in [6, 6.07) is 18.8. The standard InChI is InChI=1S/C25H26N4O/c1-18-26-14-15-29(18)16-20-12-13-23-24(21-10-6-7-11-22(21)28(23)2)25(20)27-30-17-19-8-4-3-5-9-19/h3-11,14-15,20H,12-13,16-17H2,1-2H3. The predicted molar refractivity (Wildman–Crippen MR) is 119 cm³/mol. The molecule has 0 aliphatic heterocycles. The molecule has 1 unspecified atom stereocenters. The number of nitrogens with zero attached hydrogens (tertiary/aromatic N) is 4. The summed E-state index contributed by atoms with van der Waals surface area (Å²) in [5, 5.41) is 6.00. The van der Waals surface area contributed by atoms with Gasteiger partial charge in [0.15, 0.2) is 0 Å². The highest BCUT2D eigenvalue weighted by Gasteiger charge is 2.31. The quantitative estimate of drug-likeness (QED) is 0.450. The zero-order valence-corrected chi connectivity index (χ0v) is 17.5. The molecule has 0 fully saturated rings. The molecule has 0 saturated carbocycles. The molecule has 152 valence electrons. The third-order valence-electron chi connectivity index (χ3n) is 6.18. The molecule has 5 heteroatoms. The Morgan fingerprint density at radius 1 is 1.10 bits per heavy atom. The second-order valence-electron chi connectivity index (χ2n) is 8.00. The lowest BCUT2D eigenvalue weighted by molar-refractivity contribution is 0.128. The summed E-state index contributed by atoms with van der Waals surface area (Å²) in [7, 11) is 2.16. The van der Waals surface area contributed by atoms with Crippen LogP contribution in [0.1, 0.15) is 29.1 Å². The summed E-state index contributed by atoms with van der Waals surface area (Å²) in [4.78, 5) is 10.3. The highest BCUT2D eigenvalue weighted by atomic mass is 16.6. The minimum absolute atomic E-state index is 0.284. The first-order valence-corrected chi connectivity index (χ1v) is 10.5. The molecule has 30 heavy (non-hydrogen) atoms. The molecule has 0 N–H and O–H groups in total. The Hall–Kier alpha value is -3.34. The second-order valence-corrected chi connectivity index (χ2v) is 8.00. The van der Waals surface area contributed by atoms with Gasteiger partial charge in [-0.1, -0.05) is 53.7 Å². The largest absolute Gasteiger partial charge is 0.391 e. The van der Waals surface area contributed by atoms with Gasteiger partial charge in [0.1, 0.15) is 12.4 Å². The number of hydrogen-bond donors (Lipinski definition) is 0. The van der Waals surface area contributed by atoms with Crippen molar-refractivity contribution in [2.75, 3.05) is 0 Å². The minimum Gasteiger partial charge on any atom is -0.391 e. The van der Waals surface area contributed by atoms with Gasteiger partial charge in [0.05, 0.1) is 5.71 Å². The number of aryl methyl sites for hydroxylation is 2. The van der Waals surface area contributed by atoms with E-state index in [1.54, 1.807) is 0 Å². The predicted octanol–water partition coefficient (Wildman–Crippen LogP) is 4.87. The summed E-state index contributed by atoms with van der Waals surface area (Å²) in [5.41, 5.74) is 6.01. The Kier molecular flexibility index (Phi) is 4.87. The molecule has 4 aromatic rings. The van der Waals surface area contributed by atoms with Crippen LogP contribution in [0.25, 0.3) is 10.9 Å². The molecule has 5 nitrogen and oxygen atoms in total. The van der Waals surface area contributed by atoms with Crippen LogP contribution in [0, 0.1) is 12.8 Å². The molecule has 2 aromatic carbocycles. The van der Waals surface area contributed by atoms with Gasteiger partial charge in [0, 0.05) is 54.1 Å². The highest BCUT2D eigenvalue weighted by Crippen LogP contribution is 2.35. The summed E-state index contributed by atoms with van der Waals surface area (Å²) in [6.45, 7) is 3.39. The molecule has 0 amide bonds. The van der Waals surface area contributed by atoms with Crippen molar-refractivity contribution in [2.45, 2.75) is 32.9 Å². The third kappa shape index (κ3) is 3.30. The van der Waals surface area contributed by atoms with Crippen LogP contribution in [-0.2, 0) is 31.5 Å². The van der Waals surface area contributed by atoms with Gasteiger partial charge < -0.3 is 14.0 Å². The number of hydrogen-bond acceptors (Lipinski definition) is 3. The van der Waals surface area contributed by atoms with Crippen LogP contribution in [0.2, 0.25) is 0 Å². The van der Waals surface area contributed by atoms with Crippen LogP contribution in [0.15, 0.2) is 72.1 Å². The molecule has 2 heterocycles. The van der Waals surface area contributed by atoms with Crippen molar-refractivity contribution in [3.8, 4) is 0 Å². The van der Waals surface area contributed by atoms with Crippen LogP contribution in [0.4, 0.5) is 0 Å². The Labute approximate surface area is 176 Å². The van der Waals surface area contributed by atoms with Gasteiger partial charge in [-0.15, -0.1) is 0 Å². The van der Waals surface area contributed by atoms with Gasteiger partial charge in [-0.25, -0.2) is 4.98 Å². The molecule has 5 rings (SSSR count). The van der Waals surface area contributed by atoms with E-state index in [-0.39, 0.29) is 5.92 Å². The van der Waals surface area contributed by atoms with Gasteiger partial charge in [-0.3, -0.25) is 0 Å². The number of oxime groups is 1. The first-order chi connectivity index (χ1) is 14.7. The Bertz CT molecular complexity index is 1200. The molecule has 1 atom stereocenters. The van der Waals surface area contributed by atoms with Crippen LogP contribution < -0.4 is 0 Å². The molecule has 1 aliphatic rings. The average molecular weight is 399 g/mol. The van der Waals surface area contributed by atoms with Crippen molar-refractivity contribution in [3.63, 3.8) is 0 Å². The lowest BCUT2D eigenvalue weighted by atomic mass is 9.84. The third-order valence-corrected chi connectivity index (χ3v) is 6.18. The zero-order valence-electron chi connectivity index (χ0n) is 17.5. The average Bonchev–Trinajstić information content (AvgIpc) is 3.31. The van der Waals surface area contributed by atoms with Crippen molar-refractivity contribution in [1.82, 2.24) is 14.1 Å². The highest BCUT2D eigenvalue weighted by molar-refractivity contribution is 6.13. The topological polar surface area (TPSA) is 44.3 Å². The first kappa shape index (κ1) is 18.7. The van der Waals surface area contributed by atoms with E-state index in [0.29, 0.717) is 6.61 Å². The molecule has 2 aromatic heterocycles. The molecule has 0 saturated heterocycles. The van der Waals surface area contributed by atoms with Crippen LogP contribution in [0.5, 0.6) is 0 Å². The van der Waals surface area contributed by atoms with E-state index < -0.39 is 0 Å². The fraction of sp³-hybridized carbons (Fsp3) is 0.280. The van der Waals surface area contributed by atoms with E-state index in [4.69, 9.17) is 9.99 Å². The smallest absolute Gasteiger partial charge is 0.142 e. The van der Waals surface area contributed by atoms with Crippen molar-refractivity contribution in [1.29, 1.82) is 0 Å². The zero-order chi connectivity index (χ0) is 20.5. The van der Waals surface area contributed by atoms with Crippen molar-refractivity contribution in [3.05, 3.63) is 89.6 Å². The molecule has 0 spiro atoms. The number of para-hydroxylation sites is 1. The first-order valence-electron chi connectivity index (χ1n) is 10.5. The fourth-order valence-electron chi connectivity index (χ4n) is 4.56. The SMILES string of the molecule is Cc1nccn1CC1CCc2c(c3ccccc3n2C)C1=NOCc1ccccc1. The maximum Gasteiger partial charge on any atom is 0.142 e. The normalized spacial score (nSPS) is 17.4. The van der Waals surface area contributed by atoms with E-state index in [9.17, 15) is 0 Å². The van der Waals surface area contributed by atoms with E-state index >= 15 is 0 Å². The number of aromatic nitrogens is 3. The van der Waals surface area contributed by atoms with Gasteiger partial charge in [-0.05, 0) is 31.4 Å². The molecule has 0 radical (unpaired) electrons. The maximum atomic E-state index is 5.91.